The van der Waals surface area contributed by atoms with Crippen LogP contribution in [0.2, 0.25) is 5.02 Å². The summed E-state index contributed by atoms with van der Waals surface area (Å²) in [5.74, 6) is -2.03. The van der Waals surface area contributed by atoms with Crippen LogP contribution < -0.4 is 16.0 Å². The fourth-order valence-corrected chi connectivity index (χ4v) is 4.86. The second kappa shape index (κ2) is 13.8. The Bertz CT molecular complexity index is 1570. The minimum Gasteiger partial charge on any atom is -0.325 e. The van der Waals surface area contributed by atoms with Gasteiger partial charge in [-0.15, -0.1) is 11.8 Å². The number of benzene rings is 4. The van der Waals surface area contributed by atoms with E-state index in [2.05, 4.69) is 16.0 Å². The quantitative estimate of drug-likeness (QED) is 0.141. The van der Waals surface area contributed by atoms with Crippen molar-refractivity contribution in [3.63, 3.8) is 0 Å². The minimum absolute atomic E-state index is 0.0367. The number of halogens is 2. The van der Waals surface area contributed by atoms with Gasteiger partial charge >= 0.3 is 0 Å². The lowest BCUT2D eigenvalue weighted by atomic mass is 10.1. The molecule has 0 saturated heterocycles. The Kier molecular flexibility index (Phi) is 9.95. The summed E-state index contributed by atoms with van der Waals surface area (Å²) < 4.78 is 14.5. The van der Waals surface area contributed by atoms with Crippen molar-refractivity contribution in [2.45, 2.75) is 24.0 Å². The van der Waals surface area contributed by atoms with Gasteiger partial charge in [-0.1, -0.05) is 59.6 Å². The van der Waals surface area contributed by atoms with Crippen LogP contribution in [0.3, 0.4) is 0 Å². The molecule has 208 valence electrons. The van der Waals surface area contributed by atoms with Gasteiger partial charge in [-0.25, -0.2) is 4.39 Å². The number of carbonyl (C=O) groups excluding carboxylic acids is 3. The number of aryl methyl sites for hydroxylation is 1. The van der Waals surface area contributed by atoms with E-state index in [0.717, 1.165) is 10.5 Å². The zero-order valence-corrected chi connectivity index (χ0v) is 23.9. The van der Waals surface area contributed by atoms with Gasteiger partial charge in [-0.3, -0.25) is 14.4 Å². The maximum absolute atomic E-state index is 14.5. The zero-order valence-electron chi connectivity index (χ0n) is 22.3. The molecule has 3 N–H and O–H groups in total. The third-order valence-electron chi connectivity index (χ3n) is 5.91. The Labute approximate surface area is 247 Å². The van der Waals surface area contributed by atoms with Gasteiger partial charge in [0.2, 0.25) is 5.91 Å². The molecule has 0 spiro atoms. The molecule has 6 nitrogen and oxygen atoms in total. The van der Waals surface area contributed by atoms with Gasteiger partial charge in [-0.05, 0) is 74.5 Å². The van der Waals surface area contributed by atoms with Gasteiger partial charge in [0.25, 0.3) is 11.8 Å². The van der Waals surface area contributed by atoms with Gasteiger partial charge in [0.05, 0.1) is 10.3 Å². The first-order valence-corrected chi connectivity index (χ1v) is 13.9. The number of thioether (sulfide) groups is 1. The normalized spacial score (nSPS) is 11.9. The summed E-state index contributed by atoms with van der Waals surface area (Å²) in [5, 5.41) is 7.87. The Morgan fingerprint density at radius 3 is 2.27 bits per heavy atom. The number of hydrogen-bond donors (Lipinski definition) is 3. The van der Waals surface area contributed by atoms with Gasteiger partial charge in [0.15, 0.2) is 0 Å². The molecule has 0 saturated carbocycles. The summed E-state index contributed by atoms with van der Waals surface area (Å²) >= 11 is 7.50. The number of amides is 3. The molecular weight excluding hydrogens is 561 g/mol. The molecule has 0 fully saturated rings. The average molecular weight is 588 g/mol. The van der Waals surface area contributed by atoms with Crippen LogP contribution in [0.4, 0.5) is 15.8 Å². The lowest BCUT2D eigenvalue weighted by Gasteiger charge is -2.14. The van der Waals surface area contributed by atoms with Crippen molar-refractivity contribution in [1.82, 2.24) is 5.32 Å². The van der Waals surface area contributed by atoms with E-state index in [9.17, 15) is 18.8 Å². The standard InChI is InChI=1S/C32H27ClFN3O3S/c1-20-14-16-23(17-15-20)35-30(38)21(2)41-25-11-6-10-24(18-25)36-32(40)29(19-26-27(33)12-7-13-28(26)34)37-31(39)22-8-4-3-5-9-22/h3-19,21H,1-2H3,(H,35,38)(H,36,40)(H,37,39)/b29-19+. The van der Waals surface area contributed by atoms with E-state index in [0.29, 0.717) is 16.9 Å². The lowest BCUT2D eigenvalue weighted by molar-refractivity contribution is -0.115. The van der Waals surface area contributed by atoms with Crippen molar-refractivity contribution in [2.75, 3.05) is 10.6 Å². The molecule has 0 aliphatic rings. The third-order valence-corrected chi connectivity index (χ3v) is 7.33. The predicted molar refractivity (Wildman–Crippen MR) is 163 cm³/mol. The highest BCUT2D eigenvalue weighted by molar-refractivity contribution is 8.00. The second-order valence-corrected chi connectivity index (χ2v) is 10.9. The van der Waals surface area contributed by atoms with Crippen LogP contribution in [0.5, 0.6) is 0 Å². The molecule has 0 aliphatic carbocycles. The molecule has 1 atom stereocenters. The highest BCUT2D eigenvalue weighted by atomic mass is 35.5. The Hall–Kier alpha value is -4.40. The molecule has 41 heavy (non-hydrogen) atoms. The fourth-order valence-electron chi connectivity index (χ4n) is 3.72. The molecule has 1 unspecified atom stereocenters. The maximum atomic E-state index is 14.5. The van der Waals surface area contributed by atoms with E-state index in [1.807, 2.05) is 37.3 Å². The van der Waals surface area contributed by atoms with Crippen molar-refractivity contribution in [3.05, 3.63) is 130 Å². The van der Waals surface area contributed by atoms with Crippen molar-refractivity contribution >= 4 is 58.5 Å². The first-order chi connectivity index (χ1) is 19.7. The molecule has 0 aromatic heterocycles. The number of carbonyl (C=O) groups is 3. The maximum Gasteiger partial charge on any atom is 0.272 e. The number of nitrogens with one attached hydrogen (secondary N) is 3. The third kappa shape index (κ3) is 8.30. The SMILES string of the molecule is Cc1ccc(NC(=O)C(C)Sc2cccc(NC(=O)/C(=C\c3c(F)cccc3Cl)NC(=O)c3ccccc3)c2)cc1. The lowest BCUT2D eigenvalue weighted by Crippen LogP contribution is -2.30. The van der Waals surface area contributed by atoms with E-state index < -0.39 is 22.9 Å². The molecule has 0 aliphatic heterocycles. The van der Waals surface area contributed by atoms with E-state index >= 15 is 0 Å². The van der Waals surface area contributed by atoms with Crippen molar-refractivity contribution in [3.8, 4) is 0 Å². The van der Waals surface area contributed by atoms with Crippen LogP contribution in [-0.2, 0) is 9.59 Å². The molecule has 9 heteroatoms. The van der Waals surface area contributed by atoms with Gasteiger partial charge in [-0.2, -0.15) is 0 Å². The Balaban J connectivity index is 1.51. The molecule has 0 radical (unpaired) electrons. The van der Waals surface area contributed by atoms with E-state index in [-0.39, 0.29) is 22.2 Å². The van der Waals surface area contributed by atoms with Crippen LogP contribution in [0.25, 0.3) is 6.08 Å². The molecule has 4 rings (SSSR count). The van der Waals surface area contributed by atoms with Gasteiger partial charge in [0, 0.05) is 27.4 Å². The highest BCUT2D eigenvalue weighted by Gasteiger charge is 2.18. The van der Waals surface area contributed by atoms with Crippen LogP contribution in [0.1, 0.15) is 28.4 Å². The average Bonchev–Trinajstić information content (AvgIpc) is 2.96. The number of anilines is 2. The second-order valence-electron chi connectivity index (χ2n) is 9.11. The largest absolute Gasteiger partial charge is 0.325 e. The molecule has 0 bridgehead atoms. The summed E-state index contributed by atoms with van der Waals surface area (Å²) in [4.78, 5) is 39.7. The summed E-state index contributed by atoms with van der Waals surface area (Å²) in [6, 6.07) is 27.0. The minimum atomic E-state index is -0.680. The summed E-state index contributed by atoms with van der Waals surface area (Å²) in [6.07, 6.45) is 1.20. The fraction of sp³-hybridized carbons (Fsp3) is 0.0938. The smallest absolute Gasteiger partial charge is 0.272 e. The first kappa shape index (κ1) is 29.6. The molecule has 4 aromatic rings. The number of rotatable bonds is 9. The molecule has 0 heterocycles. The topological polar surface area (TPSA) is 87.3 Å². The highest BCUT2D eigenvalue weighted by Crippen LogP contribution is 2.27. The van der Waals surface area contributed by atoms with E-state index in [1.165, 1.54) is 36.0 Å². The van der Waals surface area contributed by atoms with Gasteiger partial charge < -0.3 is 16.0 Å². The Morgan fingerprint density at radius 1 is 0.854 bits per heavy atom. The van der Waals surface area contributed by atoms with Crippen molar-refractivity contribution in [1.29, 1.82) is 0 Å². The van der Waals surface area contributed by atoms with Crippen LogP contribution in [-0.4, -0.2) is 23.0 Å². The zero-order chi connectivity index (χ0) is 29.4. The van der Waals surface area contributed by atoms with E-state index in [1.54, 1.807) is 55.5 Å². The summed E-state index contributed by atoms with van der Waals surface area (Å²) in [5.41, 5.74) is 2.31. The monoisotopic (exact) mass is 587 g/mol. The molecular formula is C32H27ClFN3O3S. The molecule has 4 aromatic carbocycles. The van der Waals surface area contributed by atoms with Crippen LogP contribution in [0, 0.1) is 12.7 Å². The molecule has 3 amide bonds. The summed E-state index contributed by atoms with van der Waals surface area (Å²) in [6.45, 7) is 3.76. The number of hydrogen-bond acceptors (Lipinski definition) is 4. The Morgan fingerprint density at radius 2 is 1.56 bits per heavy atom. The van der Waals surface area contributed by atoms with Crippen LogP contribution in [0.15, 0.2) is 108 Å². The van der Waals surface area contributed by atoms with Crippen molar-refractivity contribution < 1.29 is 18.8 Å². The van der Waals surface area contributed by atoms with Crippen LogP contribution >= 0.6 is 23.4 Å². The predicted octanol–water partition coefficient (Wildman–Crippen LogP) is 7.32. The van der Waals surface area contributed by atoms with Crippen molar-refractivity contribution in [2.24, 2.45) is 0 Å². The van der Waals surface area contributed by atoms with E-state index in [4.69, 9.17) is 11.6 Å². The summed E-state index contributed by atoms with van der Waals surface area (Å²) in [7, 11) is 0. The van der Waals surface area contributed by atoms with Gasteiger partial charge in [0.1, 0.15) is 11.5 Å². The first-order valence-electron chi connectivity index (χ1n) is 12.7.